The van der Waals surface area contributed by atoms with E-state index in [4.69, 9.17) is 9.47 Å². The highest BCUT2D eigenvalue weighted by molar-refractivity contribution is 7.89. The number of methoxy groups -OCH3 is 2. The average Bonchev–Trinajstić information content (AvgIpc) is 2.72. The number of hydrogen-bond donors (Lipinski definition) is 1. The van der Waals surface area contributed by atoms with Gasteiger partial charge in [-0.05, 0) is 61.2 Å². The number of fused-ring (bicyclic) bond motifs is 1. The van der Waals surface area contributed by atoms with Crippen LogP contribution in [0.1, 0.15) is 24.0 Å². The molecule has 0 fully saturated rings. The highest BCUT2D eigenvalue weighted by atomic mass is 35.5. The Morgan fingerprint density at radius 1 is 1.03 bits per heavy atom. The van der Waals surface area contributed by atoms with Crippen LogP contribution in [0, 0.1) is 11.6 Å². The molecule has 0 radical (unpaired) electrons. The minimum absolute atomic E-state index is 0. The molecule has 1 heterocycles. The van der Waals surface area contributed by atoms with E-state index in [0.717, 1.165) is 56.4 Å². The minimum Gasteiger partial charge on any atom is -0.493 e. The quantitative estimate of drug-likeness (QED) is 0.561. The number of hydrogen-bond acceptors (Lipinski definition) is 5. The molecule has 0 aliphatic carbocycles. The Morgan fingerprint density at radius 2 is 1.65 bits per heavy atom. The summed E-state index contributed by atoms with van der Waals surface area (Å²) in [6.07, 6.45) is 2.21. The molecule has 0 saturated carbocycles. The molecule has 1 aliphatic rings. The second-order valence-corrected chi connectivity index (χ2v) is 8.86. The lowest BCUT2D eigenvalue weighted by Gasteiger charge is -2.29. The van der Waals surface area contributed by atoms with Crippen LogP contribution in [0.2, 0.25) is 0 Å². The van der Waals surface area contributed by atoms with Crippen LogP contribution in [0.4, 0.5) is 8.78 Å². The first-order valence-corrected chi connectivity index (χ1v) is 11.2. The second kappa shape index (κ2) is 11.1. The van der Waals surface area contributed by atoms with Crippen LogP contribution in [0.15, 0.2) is 35.2 Å². The van der Waals surface area contributed by atoms with E-state index < -0.39 is 26.6 Å². The van der Waals surface area contributed by atoms with Crippen molar-refractivity contribution in [2.24, 2.45) is 0 Å². The first kappa shape index (κ1) is 25.3. The van der Waals surface area contributed by atoms with Gasteiger partial charge in [0.05, 0.1) is 14.2 Å². The maximum atomic E-state index is 13.7. The van der Waals surface area contributed by atoms with E-state index in [1.165, 1.54) is 11.1 Å². The smallest absolute Gasteiger partial charge is 0.246 e. The predicted molar refractivity (Wildman–Crippen MR) is 117 cm³/mol. The molecule has 3 rings (SSSR count). The van der Waals surface area contributed by atoms with Crippen LogP contribution in [0.5, 0.6) is 11.5 Å². The first-order chi connectivity index (χ1) is 14.4. The van der Waals surface area contributed by atoms with Gasteiger partial charge in [0.1, 0.15) is 11.6 Å². The molecule has 2 aromatic rings. The molecule has 0 amide bonds. The molecule has 10 heteroatoms. The van der Waals surface area contributed by atoms with E-state index in [-0.39, 0.29) is 19.0 Å². The molecule has 172 valence electrons. The minimum atomic E-state index is -4.22. The maximum Gasteiger partial charge on any atom is 0.246 e. The van der Waals surface area contributed by atoms with Crippen molar-refractivity contribution in [3.05, 3.63) is 53.1 Å². The molecule has 0 saturated heterocycles. The Balaban J connectivity index is 0.00000341. The molecular weight excluding hydrogens is 450 g/mol. The van der Waals surface area contributed by atoms with Gasteiger partial charge >= 0.3 is 0 Å². The fourth-order valence-electron chi connectivity index (χ4n) is 3.61. The number of unbranched alkanes of at least 4 members (excludes halogenated alkanes) is 1. The number of nitrogens with zero attached hydrogens (tertiary/aromatic N) is 1. The Kier molecular flexibility index (Phi) is 9.05. The standard InChI is InChI=1S/C21H26F2N2O4S.ClH/c1-28-19-12-15-8-11-25(14-16(15)13-20(19)29-2)10-4-3-9-24-30(26,27)21-17(22)6-5-7-18(21)23;/h5-7,12-13,24H,3-4,8-11,14H2,1-2H3;1H. The van der Waals surface area contributed by atoms with Crippen molar-refractivity contribution >= 4 is 22.4 Å². The lowest BCUT2D eigenvalue weighted by atomic mass is 9.98. The largest absolute Gasteiger partial charge is 0.493 e. The molecule has 1 N–H and O–H groups in total. The van der Waals surface area contributed by atoms with Gasteiger partial charge in [0, 0.05) is 19.6 Å². The molecule has 0 bridgehead atoms. The monoisotopic (exact) mass is 476 g/mol. The van der Waals surface area contributed by atoms with Gasteiger partial charge in [-0.15, -0.1) is 12.4 Å². The highest BCUT2D eigenvalue weighted by Gasteiger charge is 2.23. The zero-order valence-electron chi connectivity index (χ0n) is 17.5. The summed E-state index contributed by atoms with van der Waals surface area (Å²) in [5, 5.41) is 0. The molecule has 0 spiro atoms. The molecular formula is C21H27ClF2N2O4S. The van der Waals surface area contributed by atoms with E-state index >= 15 is 0 Å². The van der Waals surface area contributed by atoms with Crippen LogP contribution >= 0.6 is 12.4 Å². The fraction of sp³-hybridized carbons (Fsp3) is 0.429. The number of halogens is 3. The summed E-state index contributed by atoms with van der Waals surface area (Å²) < 4.78 is 64.7. The summed E-state index contributed by atoms with van der Waals surface area (Å²) in [6, 6.07) is 7.00. The van der Waals surface area contributed by atoms with Crippen molar-refractivity contribution in [3.63, 3.8) is 0 Å². The van der Waals surface area contributed by atoms with Crippen LogP contribution in [-0.4, -0.2) is 47.2 Å². The van der Waals surface area contributed by atoms with E-state index in [1.54, 1.807) is 14.2 Å². The summed E-state index contributed by atoms with van der Waals surface area (Å²) in [5.41, 5.74) is 2.43. The highest BCUT2D eigenvalue weighted by Crippen LogP contribution is 2.33. The van der Waals surface area contributed by atoms with Gasteiger partial charge in [-0.1, -0.05) is 6.07 Å². The summed E-state index contributed by atoms with van der Waals surface area (Å²) in [5.74, 6) is -0.765. The average molecular weight is 477 g/mol. The third-order valence-electron chi connectivity index (χ3n) is 5.18. The van der Waals surface area contributed by atoms with E-state index in [9.17, 15) is 17.2 Å². The molecule has 6 nitrogen and oxygen atoms in total. The van der Waals surface area contributed by atoms with Crippen LogP contribution in [-0.2, 0) is 23.0 Å². The molecule has 1 aliphatic heterocycles. The lowest BCUT2D eigenvalue weighted by Crippen LogP contribution is -2.32. The third kappa shape index (κ3) is 6.06. The molecule has 0 aromatic heterocycles. The molecule has 31 heavy (non-hydrogen) atoms. The Labute approximate surface area is 188 Å². The van der Waals surface area contributed by atoms with Crippen molar-refractivity contribution in [1.82, 2.24) is 9.62 Å². The summed E-state index contributed by atoms with van der Waals surface area (Å²) in [6.45, 7) is 2.59. The predicted octanol–water partition coefficient (Wildman–Crippen LogP) is 3.52. The number of rotatable bonds is 9. The van der Waals surface area contributed by atoms with Gasteiger partial charge in [0.2, 0.25) is 10.0 Å². The van der Waals surface area contributed by atoms with Gasteiger partial charge in [-0.3, -0.25) is 4.90 Å². The van der Waals surface area contributed by atoms with E-state index in [2.05, 4.69) is 9.62 Å². The fourth-order valence-corrected chi connectivity index (χ4v) is 4.82. The van der Waals surface area contributed by atoms with Gasteiger partial charge < -0.3 is 9.47 Å². The molecule has 0 unspecified atom stereocenters. The number of nitrogens with one attached hydrogen (secondary N) is 1. The van der Waals surface area contributed by atoms with E-state index in [1.807, 2.05) is 12.1 Å². The normalized spacial score (nSPS) is 13.9. The van der Waals surface area contributed by atoms with Crippen LogP contribution in [0.25, 0.3) is 0 Å². The Morgan fingerprint density at radius 3 is 2.26 bits per heavy atom. The first-order valence-electron chi connectivity index (χ1n) is 9.75. The maximum absolute atomic E-state index is 13.7. The zero-order valence-corrected chi connectivity index (χ0v) is 19.1. The van der Waals surface area contributed by atoms with Gasteiger partial charge in [-0.25, -0.2) is 21.9 Å². The van der Waals surface area contributed by atoms with Crippen LogP contribution < -0.4 is 14.2 Å². The number of benzene rings is 2. The van der Waals surface area contributed by atoms with Crippen molar-refractivity contribution in [3.8, 4) is 11.5 Å². The van der Waals surface area contributed by atoms with Crippen molar-refractivity contribution in [2.45, 2.75) is 30.7 Å². The number of sulfonamides is 1. The van der Waals surface area contributed by atoms with Crippen LogP contribution in [0.3, 0.4) is 0 Å². The van der Waals surface area contributed by atoms with Gasteiger partial charge in [0.25, 0.3) is 0 Å². The lowest BCUT2D eigenvalue weighted by molar-refractivity contribution is 0.248. The van der Waals surface area contributed by atoms with Crippen molar-refractivity contribution in [1.29, 1.82) is 0 Å². The van der Waals surface area contributed by atoms with Crippen molar-refractivity contribution in [2.75, 3.05) is 33.9 Å². The Hall–Kier alpha value is -1.94. The molecule has 0 atom stereocenters. The summed E-state index contributed by atoms with van der Waals surface area (Å²) in [4.78, 5) is 1.36. The number of ether oxygens (including phenoxy) is 2. The summed E-state index contributed by atoms with van der Waals surface area (Å²) in [7, 11) is -0.991. The second-order valence-electron chi connectivity index (χ2n) is 7.16. The topological polar surface area (TPSA) is 67.9 Å². The zero-order chi connectivity index (χ0) is 21.7. The summed E-state index contributed by atoms with van der Waals surface area (Å²) >= 11 is 0. The van der Waals surface area contributed by atoms with Gasteiger partial charge in [0.15, 0.2) is 16.4 Å². The third-order valence-corrected chi connectivity index (χ3v) is 6.69. The van der Waals surface area contributed by atoms with E-state index in [0.29, 0.717) is 12.2 Å². The SMILES string of the molecule is COc1cc2c(cc1OC)CN(CCCCNS(=O)(=O)c1c(F)cccc1F)CC2.Cl. The molecule has 2 aromatic carbocycles. The van der Waals surface area contributed by atoms with Gasteiger partial charge in [-0.2, -0.15) is 0 Å². The van der Waals surface area contributed by atoms with Crippen molar-refractivity contribution < 1.29 is 26.7 Å². The Bertz CT molecular complexity index is 985.